The topological polar surface area (TPSA) is 80.6 Å². The number of likely N-dealkylation sites (N-methyl/N-ethyl adjacent to an activating group) is 1. The first-order valence-corrected chi connectivity index (χ1v) is 15.1. The molecule has 2 aromatic carbocycles. The summed E-state index contributed by atoms with van der Waals surface area (Å²) < 4.78 is 7.20. The van der Waals surface area contributed by atoms with Crippen molar-refractivity contribution in [2.24, 2.45) is 0 Å². The van der Waals surface area contributed by atoms with Gasteiger partial charge in [0.2, 0.25) is 17.7 Å². The van der Waals surface area contributed by atoms with Gasteiger partial charge >= 0.3 is 0 Å². The van der Waals surface area contributed by atoms with Gasteiger partial charge < -0.3 is 15.0 Å². The standard InChI is InChI=1S/C34H47N3O4/c1-6-8-10-14-17-30(34(40)36(4)22-9-7-2)35-32(38)24-28-25(3)37(31-20-19-27(41-5)23-29(28)31)33(39)21-18-26-15-12-11-13-16-26/h11-13,15-16,19-20,23,30H,6-10,14,17-18,21-22,24H2,1-5H3,(H,35,38). The van der Waals surface area contributed by atoms with Gasteiger partial charge in [-0.25, -0.2) is 0 Å². The highest BCUT2D eigenvalue weighted by molar-refractivity contribution is 5.99. The van der Waals surface area contributed by atoms with E-state index in [2.05, 4.69) is 19.2 Å². The van der Waals surface area contributed by atoms with Crippen LogP contribution < -0.4 is 10.1 Å². The summed E-state index contributed by atoms with van der Waals surface area (Å²) in [6.07, 6.45) is 7.75. The van der Waals surface area contributed by atoms with Gasteiger partial charge in [-0.3, -0.25) is 19.0 Å². The van der Waals surface area contributed by atoms with Crippen molar-refractivity contribution < 1.29 is 19.1 Å². The minimum atomic E-state index is -0.558. The fourth-order valence-electron chi connectivity index (χ4n) is 5.35. The van der Waals surface area contributed by atoms with Gasteiger partial charge in [0.1, 0.15) is 11.8 Å². The zero-order chi connectivity index (χ0) is 29.8. The second-order valence-corrected chi connectivity index (χ2v) is 10.9. The summed E-state index contributed by atoms with van der Waals surface area (Å²) in [7, 11) is 3.42. The molecule has 1 atom stereocenters. The Balaban J connectivity index is 1.85. The Morgan fingerprint density at radius 2 is 1.71 bits per heavy atom. The third kappa shape index (κ3) is 8.69. The third-order valence-corrected chi connectivity index (χ3v) is 7.80. The molecule has 3 aromatic rings. The van der Waals surface area contributed by atoms with Gasteiger partial charge in [-0.1, -0.05) is 76.3 Å². The van der Waals surface area contributed by atoms with Crippen molar-refractivity contribution in [1.82, 2.24) is 14.8 Å². The van der Waals surface area contributed by atoms with Crippen LogP contribution in [0.1, 0.15) is 86.8 Å². The summed E-state index contributed by atoms with van der Waals surface area (Å²) in [5, 5.41) is 3.87. The molecule has 1 unspecified atom stereocenters. The van der Waals surface area contributed by atoms with E-state index in [4.69, 9.17) is 4.74 Å². The van der Waals surface area contributed by atoms with Crippen LogP contribution in [0.15, 0.2) is 48.5 Å². The molecule has 0 bridgehead atoms. The van der Waals surface area contributed by atoms with E-state index >= 15 is 0 Å². The number of ether oxygens (including phenoxy) is 1. The lowest BCUT2D eigenvalue weighted by atomic mass is 10.0. The smallest absolute Gasteiger partial charge is 0.244 e. The number of carbonyl (C=O) groups is 3. The normalized spacial score (nSPS) is 11.8. The molecule has 1 heterocycles. The van der Waals surface area contributed by atoms with Crippen LogP contribution in [0, 0.1) is 6.92 Å². The summed E-state index contributed by atoms with van der Waals surface area (Å²) >= 11 is 0. The lowest BCUT2D eigenvalue weighted by Gasteiger charge is -2.25. The van der Waals surface area contributed by atoms with Gasteiger partial charge in [0.25, 0.3) is 0 Å². The maximum Gasteiger partial charge on any atom is 0.244 e. The Morgan fingerprint density at radius 1 is 0.976 bits per heavy atom. The first-order chi connectivity index (χ1) is 19.8. The summed E-state index contributed by atoms with van der Waals surface area (Å²) in [5.74, 6) is 0.383. The average Bonchev–Trinajstić information content (AvgIpc) is 3.26. The molecule has 222 valence electrons. The highest BCUT2D eigenvalue weighted by atomic mass is 16.5. The van der Waals surface area contributed by atoms with Crippen LogP contribution in [-0.2, 0) is 22.4 Å². The van der Waals surface area contributed by atoms with Gasteiger partial charge in [-0.2, -0.15) is 0 Å². The molecular formula is C34H47N3O4. The van der Waals surface area contributed by atoms with Crippen LogP contribution >= 0.6 is 0 Å². The molecule has 0 saturated heterocycles. The first kappa shape index (κ1) is 31.9. The number of hydrogen-bond donors (Lipinski definition) is 1. The van der Waals surface area contributed by atoms with E-state index in [1.54, 1.807) is 16.6 Å². The molecule has 0 radical (unpaired) electrons. The van der Waals surface area contributed by atoms with Crippen molar-refractivity contribution in [2.75, 3.05) is 20.7 Å². The summed E-state index contributed by atoms with van der Waals surface area (Å²) in [6, 6.07) is 15.0. The molecule has 7 nitrogen and oxygen atoms in total. The fraction of sp³-hybridized carbons (Fsp3) is 0.500. The summed E-state index contributed by atoms with van der Waals surface area (Å²) in [4.78, 5) is 42.0. The highest BCUT2D eigenvalue weighted by Gasteiger charge is 2.26. The maximum absolute atomic E-state index is 13.5. The van der Waals surface area contributed by atoms with Crippen molar-refractivity contribution in [1.29, 1.82) is 0 Å². The number of hydrogen-bond acceptors (Lipinski definition) is 4. The molecule has 0 saturated carbocycles. The highest BCUT2D eigenvalue weighted by Crippen LogP contribution is 2.30. The molecule has 0 aliphatic heterocycles. The van der Waals surface area contributed by atoms with Gasteiger partial charge in [-0.15, -0.1) is 0 Å². The molecule has 41 heavy (non-hydrogen) atoms. The van der Waals surface area contributed by atoms with E-state index in [0.29, 0.717) is 31.6 Å². The summed E-state index contributed by atoms with van der Waals surface area (Å²) in [6.45, 7) is 6.82. The van der Waals surface area contributed by atoms with E-state index in [1.807, 2.05) is 62.5 Å². The van der Waals surface area contributed by atoms with E-state index in [1.165, 1.54) is 0 Å². The molecular weight excluding hydrogens is 514 g/mol. The van der Waals surface area contributed by atoms with Crippen molar-refractivity contribution in [3.05, 3.63) is 65.4 Å². The molecule has 1 aromatic heterocycles. The molecule has 7 heteroatoms. The van der Waals surface area contributed by atoms with Crippen LogP contribution in [0.4, 0.5) is 0 Å². The SMILES string of the molecule is CCCCCCC(NC(=O)Cc1c(C)n(C(=O)CCc2ccccc2)c2ccc(OC)cc12)C(=O)N(C)CCCC. The molecule has 0 aliphatic rings. The lowest BCUT2D eigenvalue weighted by Crippen LogP contribution is -2.48. The van der Waals surface area contributed by atoms with Crippen LogP contribution in [-0.4, -0.2) is 53.9 Å². The minimum absolute atomic E-state index is 0.0188. The Labute approximate surface area is 245 Å². The van der Waals surface area contributed by atoms with Gasteiger partial charge in [0, 0.05) is 31.1 Å². The maximum atomic E-state index is 13.5. The van der Waals surface area contributed by atoms with Crippen molar-refractivity contribution >= 4 is 28.6 Å². The van der Waals surface area contributed by atoms with Crippen LogP contribution in [0.25, 0.3) is 10.9 Å². The minimum Gasteiger partial charge on any atom is -0.497 e. The molecule has 0 aliphatic carbocycles. The number of unbranched alkanes of at least 4 members (excludes halogenated alkanes) is 4. The molecule has 0 fully saturated rings. The second kappa shape index (κ2) is 16.0. The van der Waals surface area contributed by atoms with Gasteiger partial charge in [0.15, 0.2) is 0 Å². The molecule has 2 amide bonds. The number of methoxy groups -OCH3 is 1. The monoisotopic (exact) mass is 561 g/mol. The molecule has 1 N–H and O–H groups in total. The van der Waals surface area contributed by atoms with E-state index in [9.17, 15) is 14.4 Å². The number of rotatable bonds is 16. The number of fused-ring (bicyclic) bond motifs is 1. The molecule has 3 rings (SSSR count). The third-order valence-electron chi connectivity index (χ3n) is 7.80. The van der Waals surface area contributed by atoms with Crippen LogP contribution in [0.5, 0.6) is 5.75 Å². The Hall–Kier alpha value is -3.61. The van der Waals surface area contributed by atoms with E-state index < -0.39 is 6.04 Å². The van der Waals surface area contributed by atoms with Gasteiger partial charge in [-0.05, 0) is 55.5 Å². The zero-order valence-electron chi connectivity index (χ0n) is 25.5. The van der Waals surface area contributed by atoms with Crippen LogP contribution in [0.2, 0.25) is 0 Å². The zero-order valence-corrected chi connectivity index (χ0v) is 25.5. The average molecular weight is 562 g/mol. The quantitative estimate of drug-likeness (QED) is 0.203. The van der Waals surface area contributed by atoms with Crippen molar-refractivity contribution in [3.8, 4) is 5.75 Å². The Morgan fingerprint density at radius 3 is 2.39 bits per heavy atom. The Kier molecular flexibility index (Phi) is 12.4. The van der Waals surface area contributed by atoms with E-state index in [-0.39, 0.29) is 24.1 Å². The number of nitrogens with one attached hydrogen (secondary N) is 1. The number of nitrogens with zero attached hydrogens (tertiary/aromatic N) is 2. The van der Waals surface area contributed by atoms with E-state index in [0.717, 1.165) is 66.2 Å². The summed E-state index contributed by atoms with van der Waals surface area (Å²) in [5.41, 5.74) is 3.39. The lowest BCUT2D eigenvalue weighted by molar-refractivity contribution is -0.135. The number of aromatic nitrogens is 1. The predicted molar refractivity (Wildman–Crippen MR) is 166 cm³/mol. The largest absolute Gasteiger partial charge is 0.497 e. The molecule has 0 spiro atoms. The predicted octanol–water partition coefficient (Wildman–Crippen LogP) is 6.49. The number of carbonyl (C=O) groups excluding carboxylic acids is 3. The van der Waals surface area contributed by atoms with Gasteiger partial charge in [0.05, 0.1) is 19.0 Å². The number of aryl methyl sites for hydroxylation is 1. The number of benzene rings is 2. The first-order valence-electron chi connectivity index (χ1n) is 15.1. The van der Waals surface area contributed by atoms with Crippen molar-refractivity contribution in [3.63, 3.8) is 0 Å². The Bertz CT molecular complexity index is 1300. The number of amides is 2. The van der Waals surface area contributed by atoms with Crippen molar-refractivity contribution in [2.45, 2.75) is 91.0 Å². The van der Waals surface area contributed by atoms with Crippen LogP contribution in [0.3, 0.4) is 0 Å². The second-order valence-electron chi connectivity index (χ2n) is 10.9. The fourth-order valence-corrected chi connectivity index (χ4v) is 5.35.